The highest BCUT2D eigenvalue weighted by Crippen LogP contribution is 2.21. The third kappa shape index (κ3) is 2.89. The summed E-state index contributed by atoms with van der Waals surface area (Å²) in [5, 5.41) is 12.5. The minimum Gasteiger partial charge on any atom is -0.505 e. The SMILES string of the molecule is CC(C)C[C@@H]1C(=O)NCCN1C(=O)c1ccncc1O. The molecule has 1 saturated heterocycles. The van der Waals surface area contributed by atoms with Gasteiger partial charge in [-0.25, -0.2) is 0 Å². The molecule has 6 nitrogen and oxygen atoms in total. The van der Waals surface area contributed by atoms with Gasteiger partial charge in [0.25, 0.3) is 5.91 Å². The summed E-state index contributed by atoms with van der Waals surface area (Å²) in [6, 6.07) is 0.986. The maximum Gasteiger partial charge on any atom is 0.258 e. The monoisotopic (exact) mass is 277 g/mol. The van der Waals surface area contributed by atoms with Gasteiger partial charge in [-0.3, -0.25) is 14.6 Å². The van der Waals surface area contributed by atoms with E-state index in [9.17, 15) is 14.7 Å². The van der Waals surface area contributed by atoms with Gasteiger partial charge < -0.3 is 15.3 Å². The van der Waals surface area contributed by atoms with Crippen LogP contribution >= 0.6 is 0 Å². The molecule has 1 fully saturated rings. The van der Waals surface area contributed by atoms with Crippen molar-refractivity contribution in [2.24, 2.45) is 5.92 Å². The molecule has 0 unspecified atom stereocenters. The molecule has 0 aromatic carbocycles. The molecule has 1 aromatic rings. The Morgan fingerprint density at radius 3 is 3.00 bits per heavy atom. The second kappa shape index (κ2) is 5.90. The molecule has 0 saturated carbocycles. The van der Waals surface area contributed by atoms with E-state index in [1.807, 2.05) is 13.8 Å². The van der Waals surface area contributed by atoms with E-state index in [4.69, 9.17) is 0 Å². The number of aromatic hydroxyl groups is 1. The van der Waals surface area contributed by atoms with E-state index in [2.05, 4.69) is 10.3 Å². The Balaban J connectivity index is 2.26. The zero-order valence-electron chi connectivity index (χ0n) is 11.7. The van der Waals surface area contributed by atoms with E-state index < -0.39 is 6.04 Å². The molecule has 2 heterocycles. The molecule has 1 atom stereocenters. The number of hydrogen-bond donors (Lipinski definition) is 2. The third-order valence-corrected chi connectivity index (χ3v) is 3.32. The van der Waals surface area contributed by atoms with Crippen molar-refractivity contribution in [3.05, 3.63) is 24.0 Å². The van der Waals surface area contributed by atoms with Gasteiger partial charge in [0.2, 0.25) is 5.91 Å². The zero-order chi connectivity index (χ0) is 14.7. The van der Waals surface area contributed by atoms with E-state index >= 15 is 0 Å². The van der Waals surface area contributed by atoms with Crippen LogP contribution in [0.4, 0.5) is 0 Å². The van der Waals surface area contributed by atoms with Crippen LogP contribution in [0.15, 0.2) is 18.5 Å². The smallest absolute Gasteiger partial charge is 0.258 e. The van der Waals surface area contributed by atoms with Crippen LogP contribution in [-0.2, 0) is 4.79 Å². The number of amides is 2. The van der Waals surface area contributed by atoms with Crippen molar-refractivity contribution < 1.29 is 14.7 Å². The summed E-state index contributed by atoms with van der Waals surface area (Å²) in [5.41, 5.74) is 0.184. The standard InChI is InChI=1S/C14H19N3O3/c1-9(2)7-11-13(19)16-5-6-17(11)14(20)10-3-4-15-8-12(10)18/h3-4,8-9,11,18H,5-7H2,1-2H3,(H,16,19)/t11-/m1/s1. The van der Waals surface area contributed by atoms with Crippen LogP contribution in [0.25, 0.3) is 0 Å². The Labute approximate surface area is 117 Å². The predicted octanol–water partition coefficient (Wildman–Crippen LogP) is 0.774. The Kier molecular flexibility index (Phi) is 4.22. The molecule has 0 bridgehead atoms. The molecule has 0 aliphatic carbocycles. The lowest BCUT2D eigenvalue weighted by atomic mass is 9.99. The van der Waals surface area contributed by atoms with Crippen LogP contribution in [0.5, 0.6) is 5.75 Å². The van der Waals surface area contributed by atoms with Crippen LogP contribution in [0.1, 0.15) is 30.6 Å². The third-order valence-electron chi connectivity index (χ3n) is 3.32. The number of nitrogens with one attached hydrogen (secondary N) is 1. The molecule has 1 aromatic heterocycles. The number of hydrogen-bond acceptors (Lipinski definition) is 4. The Morgan fingerprint density at radius 1 is 1.60 bits per heavy atom. The Morgan fingerprint density at radius 2 is 2.35 bits per heavy atom. The Bertz CT molecular complexity index is 516. The summed E-state index contributed by atoms with van der Waals surface area (Å²) in [4.78, 5) is 29.8. The molecule has 0 radical (unpaired) electrons. The number of carbonyl (C=O) groups is 2. The first-order valence-corrected chi connectivity index (χ1v) is 6.72. The topological polar surface area (TPSA) is 82.5 Å². The molecule has 108 valence electrons. The first-order valence-electron chi connectivity index (χ1n) is 6.72. The fourth-order valence-corrected chi connectivity index (χ4v) is 2.36. The van der Waals surface area contributed by atoms with E-state index in [1.54, 1.807) is 0 Å². The van der Waals surface area contributed by atoms with Crippen molar-refractivity contribution >= 4 is 11.8 Å². The zero-order valence-corrected chi connectivity index (χ0v) is 11.7. The van der Waals surface area contributed by atoms with Gasteiger partial charge >= 0.3 is 0 Å². The lowest BCUT2D eigenvalue weighted by Gasteiger charge is -2.36. The van der Waals surface area contributed by atoms with Crippen molar-refractivity contribution in [1.29, 1.82) is 0 Å². The highest BCUT2D eigenvalue weighted by atomic mass is 16.3. The largest absolute Gasteiger partial charge is 0.505 e. The molecular weight excluding hydrogens is 258 g/mol. The van der Waals surface area contributed by atoms with Crippen LogP contribution in [-0.4, -0.2) is 45.9 Å². The van der Waals surface area contributed by atoms with Gasteiger partial charge in [0, 0.05) is 19.3 Å². The summed E-state index contributed by atoms with van der Waals surface area (Å²) in [5.74, 6) is -0.325. The normalized spacial score (nSPS) is 19.1. The molecule has 2 amide bonds. The van der Waals surface area contributed by atoms with E-state index in [-0.39, 0.29) is 23.1 Å². The first-order chi connectivity index (χ1) is 9.50. The number of piperazine rings is 1. The van der Waals surface area contributed by atoms with Crippen LogP contribution in [0.3, 0.4) is 0 Å². The Hall–Kier alpha value is -2.11. The first kappa shape index (κ1) is 14.3. The highest BCUT2D eigenvalue weighted by molar-refractivity contribution is 6.00. The van der Waals surface area contributed by atoms with Gasteiger partial charge in [0.05, 0.1) is 11.8 Å². The van der Waals surface area contributed by atoms with Crippen molar-refractivity contribution in [1.82, 2.24) is 15.2 Å². The molecule has 6 heteroatoms. The van der Waals surface area contributed by atoms with Gasteiger partial charge in [-0.15, -0.1) is 0 Å². The van der Waals surface area contributed by atoms with E-state index in [0.29, 0.717) is 25.4 Å². The second-order valence-corrected chi connectivity index (χ2v) is 5.33. The van der Waals surface area contributed by atoms with Gasteiger partial charge in [0.1, 0.15) is 11.8 Å². The van der Waals surface area contributed by atoms with Gasteiger partial charge in [-0.05, 0) is 18.4 Å². The van der Waals surface area contributed by atoms with Gasteiger partial charge in [-0.2, -0.15) is 0 Å². The summed E-state index contributed by atoms with van der Waals surface area (Å²) in [6.07, 6.45) is 3.28. The van der Waals surface area contributed by atoms with Gasteiger partial charge in [-0.1, -0.05) is 13.8 Å². The number of nitrogens with zero attached hydrogens (tertiary/aromatic N) is 2. The molecule has 2 rings (SSSR count). The minimum absolute atomic E-state index is 0.133. The molecular formula is C14H19N3O3. The van der Waals surface area contributed by atoms with Gasteiger partial charge in [0.15, 0.2) is 0 Å². The van der Waals surface area contributed by atoms with Crippen molar-refractivity contribution in [2.45, 2.75) is 26.3 Å². The van der Waals surface area contributed by atoms with Crippen LogP contribution < -0.4 is 5.32 Å². The van der Waals surface area contributed by atoms with E-state index in [1.165, 1.54) is 23.4 Å². The summed E-state index contributed by atoms with van der Waals surface area (Å²) >= 11 is 0. The molecule has 2 N–H and O–H groups in total. The lowest BCUT2D eigenvalue weighted by Crippen LogP contribution is -2.57. The van der Waals surface area contributed by atoms with Crippen molar-refractivity contribution in [3.63, 3.8) is 0 Å². The molecule has 20 heavy (non-hydrogen) atoms. The van der Waals surface area contributed by atoms with Crippen molar-refractivity contribution in [3.8, 4) is 5.75 Å². The molecule has 1 aliphatic rings. The van der Waals surface area contributed by atoms with Crippen LogP contribution in [0, 0.1) is 5.92 Å². The van der Waals surface area contributed by atoms with E-state index in [0.717, 1.165) is 0 Å². The van der Waals surface area contributed by atoms with Crippen LogP contribution in [0.2, 0.25) is 0 Å². The van der Waals surface area contributed by atoms with Crippen molar-refractivity contribution in [2.75, 3.05) is 13.1 Å². The summed E-state index contributed by atoms with van der Waals surface area (Å²) < 4.78 is 0. The molecule has 0 spiro atoms. The average Bonchev–Trinajstić information content (AvgIpc) is 2.40. The number of pyridine rings is 1. The minimum atomic E-state index is -0.483. The quantitative estimate of drug-likeness (QED) is 0.855. The lowest BCUT2D eigenvalue weighted by molar-refractivity contribution is -0.128. The highest BCUT2D eigenvalue weighted by Gasteiger charge is 2.34. The summed E-state index contributed by atoms with van der Waals surface area (Å²) in [7, 11) is 0. The second-order valence-electron chi connectivity index (χ2n) is 5.33. The number of rotatable bonds is 3. The maximum atomic E-state index is 12.5. The average molecular weight is 277 g/mol. The number of carbonyl (C=O) groups excluding carboxylic acids is 2. The molecule has 1 aliphatic heterocycles. The fraction of sp³-hybridized carbons (Fsp3) is 0.500. The number of aromatic nitrogens is 1. The predicted molar refractivity (Wildman–Crippen MR) is 73.2 cm³/mol. The fourth-order valence-electron chi connectivity index (χ4n) is 2.36. The maximum absolute atomic E-state index is 12.5. The summed E-state index contributed by atoms with van der Waals surface area (Å²) in [6.45, 7) is 4.90.